The molecular weight excluding hydrogens is 280 g/mol. The summed E-state index contributed by atoms with van der Waals surface area (Å²) in [6, 6.07) is 3.76. The summed E-state index contributed by atoms with van der Waals surface area (Å²) in [5.41, 5.74) is 4.35. The summed E-state index contributed by atoms with van der Waals surface area (Å²) >= 11 is 0. The van der Waals surface area contributed by atoms with Gasteiger partial charge in [0.25, 0.3) is 0 Å². The first-order chi connectivity index (χ1) is 9.96. The van der Waals surface area contributed by atoms with Crippen LogP contribution in [0, 0.1) is 0 Å². The molecule has 0 saturated carbocycles. The average Bonchev–Trinajstić information content (AvgIpc) is 2.37. The number of hydrogen-bond donors (Lipinski definition) is 2. The number of rotatable bonds is 2. The standard InChI is InChI=1S/C17H26N2O3/c1-16(2,3)12-8-11(10-18-19-15(21)22-7)9-13(14(12)20)17(4,5)6/h8-10,20H,1-7H3,(H,19,21)/b18-10+. The highest BCUT2D eigenvalue weighted by atomic mass is 16.5. The predicted octanol–water partition coefficient (Wildman–Crippen LogP) is 3.68. The number of hydrogen-bond acceptors (Lipinski definition) is 4. The van der Waals surface area contributed by atoms with Crippen LogP contribution in [0.25, 0.3) is 0 Å². The second-order valence-corrected chi connectivity index (χ2v) is 7.33. The zero-order valence-corrected chi connectivity index (χ0v) is 14.4. The Bertz CT molecular complexity index is 544. The molecule has 0 aromatic heterocycles. The van der Waals surface area contributed by atoms with Gasteiger partial charge in [0.1, 0.15) is 5.75 Å². The summed E-state index contributed by atoms with van der Waals surface area (Å²) in [5.74, 6) is 0.318. The van der Waals surface area contributed by atoms with E-state index in [9.17, 15) is 9.90 Å². The van der Waals surface area contributed by atoms with Crippen molar-refractivity contribution in [3.8, 4) is 5.75 Å². The number of methoxy groups -OCH3 is 1. The van der Waals surface area contributed by atoms with Crippen LogP contribution in [0.15, 0.2) is 17.2 Å². The van der Waals surface area contributed by atoms with Gasteiger partial charge in [0.2, 0.25) is 0 Å². The van der Waals surface area contributed by atoms with Gasteiger partial charge in [0.15, 0.2) is 0 Å². The zero-order valence-electron chi connectivity index (χ0n) is 14.4. The van der Waals surface area contributed by atoms with Gasteiger partial charge in [0.05, 0.1) is 13.3 Å². The van der Waals surface area contributed by atoms with E-state index in [4.69, 9.17) is 0 Å². The molecule has 0 aliphatic heterocycles. The predicted molar refractivity (Wildman–Crippen MR) is 88.6 cm³/mol. The maximum Gasteiger partial charge on any atom is 0.427 e. The highest BCUT2D eigenvalue weighted by Gasteiger charge is 2.26. The lowest BCUT2D eigenvalue weighted by atomic mass is 9.78. The van der Waals surface area contributed by atoms with E-state index in [0.29, 0.717) is 5.75 Å². The molecule has 22 heavy (non-hydrogen) atoms. The van der Waals surface area contributed by atoms with Crippen molar-refractivity contribution in [1.82, 2.24) is 5.43 Å². The molecule has 1 aromatic rings. The molecule has 1 amide bonds. The van der Waals surface area contributed by atoms with Crippen LogP contribution in [0.4, 0.5) is 4.79 Å². The van der Waals surface area contributed by atoms with Crippen molar-refractivity contribution in [2.75, 3.05) is 7.11 Å². The first-order valence-electron chi connectivity index (χ1n) is 7.22. The number of carbonyl (C=O) groups is 1. The number of amides is 1. The molecule has 0 spiro atoms. The number of nitrogens with one attached hydrogen (secondary N) is 1. The smallest absolute Gasteiger partial charge is 0.427 e. The highest BCUT2D eigenvalue weighted by Crippen LogP contribution is 2.39. The summed E-state index contributed by atoms with van der Waals surface area (Å²) in [5, 5.41) is 14.5. The van der Waals surface area contributed by atoms with E-state index in [1.165, 1.54) is 7.11 Å². The van der Waals surface area contributed by atoms with Gasteiger partial charge in [-0.3, -0.25) is 0 Å². The average molecular weight is 306 g/mol. The monoisotopic (exact) mass is 306 g/mol. The molecule has 0 saturated heterocycles. The fraction of sp³-hybridized carbons (Fsp3) is 0.529. The number of phenols is 1. The Labute approximate surface area is 132 Å². The van der Waals surface area contributed by atoms with Gasteiger partial charge in [-0.1, -0.05) is 41.5 Å². The van der Waals surface area contributed by atoms with Crippen LogP contribution in [0.3, 0.4) is 0 Å². The van der Waals surface area contributed by atoms with Crippen LogP contribution in [0.5, 0.6) is 5.75 Å². The summed E-state index contributed by atoms with van der Waals surface area (Å²) in [6.07, 6.45) is 0.919. The van der Waals surface area contributed by atoms with Gasteiger partial charge in [-0.2, -0.15) is 5.10 Å². The largest absolute Gasteiger partial charge is 0.507 e. The second-order valence-electron chi connectivity index (χ2n) is 7.33. The van der Waals surface area contributed by atoms with Crippen molar-refractivity contribution in [2.24, 2.45) is 5.10 Å². The maximum atomic E-state index is 11.0. The molecule has 1 rings (SSSR count). The SMILES string of the molecule is COC(=O)N/N=C/c1cc(C(C)(C)C)c(O)c(C(C)(C)C)c1. The first kappa shape index (κ1) is 18.0. The quantitative estimate of drug-likeness (QED) is 0.647. The van der Waals surface area contributed by atoms with E-state index >= 15 is 0 Å². The van der Waals surface area contributed by atoms with Crippen molar-refractivity contribution < 1.29 is 14.6 Å². The highest BCUT2D eigenvalue weighted by molar-refractivity contribution is 5.82. The Morgan fingerprint density at radius 1 is 1.14 bits per heavy atom. The van der Waals surface area contributed by atoms with Crippen LogP contribution in [0.2, 0.25) is 0 Å². The lowest BCUT2D eigenvalue weighted by molar-refractivity contribution is 0.171. The van der Waals surface area contributed by atoms with Gasteiger partial charge < -0.3 is 9.84 Å². The van der Waals surface area contributed by atoms with Crippen molar-refractivity contribution in [1.29, 1.82) is 0 Å². The molecule has 0 aliphatic rings. The van der Waals surface area contributed by atoms with E-state index in [-0.39, 0.29) is 10.8 Å². The number of hydrazone groups is 1. The van der Waals surface area contributed by atoms with Crippen molar-refractivity contribution in [3.63, 3.8) is 0 Å². The Kier molecular flexibility index (Phi) is 5.22. The molecule has 0 radical (unpaired) electrons. The van der Waals surface area contributed by atoms with Gasteiger partial charge in [0, 0.05) is 11.1 Å². The van der Waals surface area contributed by atoms with Crippen LogP contribution in [0.1, 0.15) is 58.2 Å². The number of aromatic hydroxyl groups is 1. The third kappa shape index (κ3) is 4.48. The number of ether oxygens (including phenoxy) is 1. The topological polar surface area (TPSA) is 70.9 Å². The lowest BCUT2D eigenvalue weighted by Crippen LogP contribution is -2.19. The van der Waals surface area contributed by atoms with E-state index < -0.39 is 6.09 Å². The molecule has 0 unspecified atom stereocenters. The van der Waals surface area contributed by atoms with E-state index in [1.54, 1.807) is 6.21 Å². The van der Waals surface area contributed by atoms with Gasteiger partial charge in [-0.15, -0.1) is 0 Å². The fourth-order valence-corrected chi connectivity index (χ4v) is 2.08. The second kappa shape index (κ2) is 6.38. The number of carbonyl (C=O) groups excluding carboxylic acids is 1. The molecular formula is C17H26N2O3. The van der Waals surface area contributed by atoms with Gasteiger partial charge in [-0.25, -0.2) is 10.2 Å². The van der Waals surface area contributed by atoms with Crippen LogP contribution in [-0.2, 0) is 15.6 Å². The number of benzene rings is 1. The Morgan fingerprint density at radius 3 is 1.95 bits per heavy atom. The van der Waals surface area contributed by atoms with Crippen molar-refractivity contribution >= 4 is 12.3 Å². The minimum absolute atomic E-state index is 0.205. The Balaban J connectivity index is 3.33. The van der Waals surface area contributed by atoms with Gasteiger partial charge >= 0.3 is 6.09 Å². The molecule has 0 atom stereocenters. The molecule has 5 heteroatoms. The normalized spacial score (nSPS) is 12.5. The van der Waals surface area contributed by atoms with E-state index in [0.717, 1.165) is 16.7 Å². The Hall–Kier alpha value is -2.04. The number of phenolic OH excluding ortho intramolecular Hbond substituents is 1. The van der Waals surface area contributed by atoms with E-state index in [2.05, 4.69) is 15.3 Å². The van der Waals surface area contributed by atoms with Crippen LogP contribution < -0.4 is 5.43 Å². The van der Waals surface area contributed by atoms with Crippen LogP contribution >= 0.6 is 0 Å². The molecule has 0 bridgehead atoms. The van der Waals surface area contributed by atoms with Crippen LogP contribution in [-0.4, -0.2) is 24.5 Å². The van der Waals surface area contributed by atoms with Gasteiger partial charge in [-0.05, 0) is 28.5 Å². The molecule has 5 nitrogen and oxygen atoms in total. The minimum Gasteiger partial charge on any atom is -0.507 e. The van der Waals surface area contributed by atoms with E-state index in [1.807, 2.05) is 53.7 Å². The summed E-state index contributed by atoms with van der Waals surface area (Å²) < 4.78 is 4.46. The first-order valence-corrected chi connectivity index (χ1v) is 7.22. The lowest BCUT2D eigenvalue weighted by Gasteiger charge is -2.27. The zero-order chi connectivity index (χ0) is 17.1. The third-order valence-electron chi connectivity index (χ3n) is 3.30. The summed E-state index contributed by atoms with van der Waals surface area (Å²) in [4.78, 5) is 11.0. The number of nitrogens with zero attached hydrogens (tertiary/aromatic N) is 1. The molecule has 0 fully saturated rings. The minimum atomic E-state index is -0.623. The molecule has 2 N–H and O–H groups in total. The van der Waals surface area contributed by atoms with Crippen molar-refractivity contribution in [2.45, 2.75) is 52.4 Å². The molecule has 122 valence electrons. The van der Waals surface area contributed by atoms with Crippen molar-refractivity contribution in [3.05, 3.63) is 28.8 Å². The Morgan fingerprint density at radius 2 is 1.59 bits per heavy atom. The third-order valence-corrected chi connectivity index (χ3v) is 3.30. The molecule has 1 aromatic carbocycles. The molecule has 0 aliphatic carbocycles. The summed E-state index contributed by atoms with van der Waals surface area (Å²) in [7, 11) is 1.28. The summed E-state index contributed by atoms with van der Waals surface area (Å²) in [6.45, 7) is 12.3. The molecule has 0 heterocycles. The maximum absolute atomic E-state index is 11.0. The fourth-order valence-electron chi connectivity index (χ4n) is 2.08.